The van der Waals surface area contributed by atoms with Crippen molar-refractivity contribution in [3.05, 3.63) is 36.0 Å². The van der Waals surface area contributed by atoms with Crippen LogP contribution in [-0.4, -0.2) is 48.3 Å². The molecule has 0 radical (unpaired) electrons. The van der Waals surface area contributed by atoms with E-state index in [0.29, 0.717) is 17.6 Å². The summed E-state index contributed by atoms with van der Waals surface area (Å²) in [4.78, 5) is 6.47. The molecule has 0 amide bonds. The van der Waals surface area contributed by atoms with E-state index in [1.165, 1.54) is 25.1 Å². The third-order valence-corrected chi connectivity index (χ3v) is 4.52. The van der Waals surface area contributed by atoms with Gasteiger partial charge in [0.15, 0.2) is 5.82 Å². The predicted octanol–water partition coefficient (Wildman–Crippen LogP) is 2.79. The highest BCUT2D eigenvalue weighted by Crippen LogP contribution is 2.29. The van der Waals surface area contributed by atoms with Gasteiger partial charge >= 0.3 is 0 Å². The molecule has 2 aromatic rings. The maximum Gasteiger partial charge on any atom is 0.152 e. The van der Waals surface area contributed by atoms with E-state index in [0.717, 1.165) is 31.8 Å². The second kappa shape index (κ2) is 6.02. The third kappa shape index (κ3) is 3.14. The lowest BCUT2D eigenvalue weighted by molar-refractivity contribution is -0.0241. The third-order valence-electron chi connectivity index (χ3n) is 4.52. The van der Waals surface area contributed by atoms with E-state index in [9.17, 15) is 8.78 Å². The van der Waals surface area contributed by atoms with Gasteiger partial charge in [-0.05, 0) is 25.0 Å². The van der Waals surface area contributed by atoms with E-state index in [1.54, 1.807) is 6.07 Å². The first-order chi connectivity index (χ1) is 11.2. The van der Waals surface area contributed by atoms with Crippen LogP contribution >= 0.6 is 0 Å². The number of anilines is 1. The van der Waals surface area contributed by atoms with Crippen molar-refractivity contribution in [2.24, 2.45) is 0 Å². The Hall–Kier alpha value is -1.79. The molecule has 1 atom stereocenters. The molecule has 2 fully saturated rings. The van der Waals surface area contributed by atoms with E-state index in [-0.39, 0.29) is 11.6 Å². The Kier molecular flexibility index (Phi) is 3.87. The van der Waals surface area contributed by atoms with Crippen LogP contribution in [0.1, 0.15) is 12.8 Å². The summed E-state index contributed by atoms with van der Waals surface area (Å²) in [5.41, 5.74) is 0.862. The second-order valence-corrected chi connectivity index (χ2v) is 6.24. The van der Waals surface area contributed by atoms with Crippen LogP contribution in [0.4, 0.5) is 14.5 Å². The van der Waals surface area contributed by atoms with Crippen LogP contribution < -0.4 is 5.32 Å². The molecular formula is C17H19F2N3O. The molecule has 1 aliphatic heterocycles. The molecule has 2 aliphatic rings. The number of nitrogens with zero attached hydrogens (tertiary/aromatic N) is 2. The van der Waals surface area contributed by atoms with Gasteiger partial charge in [-0.15, -0.1) is 0 Å². The minimum atomic E-state index is -0.641. The van der Waals surface area contributed by atoms with Gasteiger partial charge in [-0.3, -0.25) is 9.88 Å². The van der Waals surface area contributed by atoms with Crippen molar-refractivity contribution >= 4 is 16.6 Å². The van der Waals surface area contributed by atoms with Crippen LogP contribution in [0.15, 0.2) is 24.4 Å². The van der Waals surface area contributed by atoms with Gasteiger partial charge in [0, 0.05) is 49.0 Å². The molecule has 0 spiro atoms. The Balaban J connectivity index is 1.49. The number of ether oxygens (including phenoxy) is 1. The summed E-state index contributed by atoms with van der Waals surface area (Å²) in [6.45, 7) is 3.25. The number of fused-ring (bicyclic) bond motifs is 1. The quantitative estimate of drug-likeness (QED) is 0.940. The lowest BCUT2D eigenvalue weighted by Gasteiger charge is -2.33. The molecule has 1 unspecified atom stereocenters. The summed E-state index contributed by atoms with van der Waals surface area (Å²) in [7, 11) is 0. The Bertz CT molecular complexity index is 720. The number of hydrogen-bond donors (Lipinski definition) is 1. The molecule has 0 bridgehead atoms. The van der Waals surface area contributed by atoms with Crippen LogP contribution in [0.2, 0.25) is 0 Å². The number of pyridine rings is 1. The fraction of sp³-hybridized carbons (Fsp3) is 0.471. The molecule has 4 rings (SSSR count). The summed E-state index contributed by atoms with van der Waals surface area (Å²) in [5, 5.41) is 3.72. The van der Waals surface area contributed by atoms with E-state index in [2.05, 4.69) is 15.2 Å². The van der Waals surface area contributed by atoms with Gasteiger partial charge in [-0.25, -0.2) is 8.78 Å². The zero-order valence-corrected chi connectivity index (χ0v) is 12.8. The van der Waals surface area contributed by atoms with Gasteiger partial charge in [-0.1, -0.05) is 0 Å². The number of aromatic nitrogens is 1. The number of benzene rings is 1. The van der Waals surface area contributed by atoms with Gasteiger partial charge in [-0.2, -0.15) is 0 Å². The van der Waals surface area contributed by atoms with Crippen molar-refractivity contribution in [2.45, 2.75) is 25.0 Å². The van der Waals surface area contributed by atoms with Gasteiger partial charge in [0.2, 0.25) is 0 Å². The van der Waals surface area contributed by atoms with E-state index in [4.69, 9.17) is 4.74 Å². The summed E-state index contributed by atoms with van der Waals surface area (Å²) < 4.78 is 33.1. The standard InChI is InChI=1S/C17H19F2N3O/c18-11-7-14-16(3-4-20-17(14)15(19)8-11)21-9-13-10-22(5-6-23-13)12-1-2-12/h3-4,7-8,12-13H,1-2,5-6,9-10H2,(H,20,21). The number of rotatable bonds is 4. The number of morpholine rings is 1. The fourth-order valence-corrected chi connectivity index (χ4v) is 3.19. The Morgan fingerprint density at radius 3 is 3.00 bits per heavy atom. The van der Waals surface area contributed by atoms with Crippen molar-refractivity contribution < 1.29 is 13.5 Å². The molecule has 1 aromatic carbocycles. The summed E-state index contributed by atoms with van der Waals surface area (Å²) >= 11 is 0. The van der Waals surface area contributed by atoms with E-state index >= 15 is 0 Å². The molecule has 122 valence electrons. The highest BCUT2D eigenvalue weighted by Gasteiger charge is 2.32. The number of hydrogen-bond acceptors (Lipinski definition) is 4. The first kappa shape index (κ1) is 14.8. The zero-order chi connectivity index (χ0) is 15.8. The number of halogens is 2. The van der Waals surface area contributed by atoms with Gasteiger partial charge < -0.3 is 10.1 Å². The van der Waals surface area contributed by atoms with Crippen molar-refractivity contribution in [1.82, 2.24) is 9.88 Å². The van der Waals surface area contributed by atoms with Crippen molar-refractivity contribution in [1.29, 1.82) is 0 Å². The second-order valence-electron chi connectivity index (χ2n) is 6.24. The van der Waals surface area contributed by atoms with Crippen LogP contribution in [0.3, 0.4) is 0 Å². The zero-order valence-electron chi connectivity index (χ0n) is 12.8. The molecule has 23 heavy (non-hydrogen) atoms. The monoisotopic (exact) mass is 319 g/mol. The lowest BCUT2D eigenvalue weighted by atomic mass is 10.1. The molecular weight excluding hydrogens is 300 g/mol. The van der Waals surface area contributed by atoms with E-state index in [1.807, 2.05) is 0 Å². The molecule has 4 nitrogen and oxygen atoms in total. The van der Waals surface area contributed by atoms with Gasteiger partial charge in [0.25, 0.3) is 0 Å². The Labute approximate surface area is 133 Å². The Morgan fingerprint density at radius 1 is 1.30 bits per heavy atom. The maximum atomic E-state index is 13.8. The highest BCUT2D eigenvalue weighted by molar-refractivity contribution is 5.91. The smallest absolute Gasteiger partial charge is 0.152 e. The normalized spacial score (nSPS) is 22.4. The van der Waals surface area contributed by atoms with E-state index < -0.39 is 11.6 Å². The topological polar surface area (TPSA) is 37.4 Å². The van der Waals surface area contributed by atoms with Crippen LogP contribution in [-0.2, 0) is 4.74 Å². The minimum absolute atomic E-state index is 0.0889. The van der Waals surface area contributed by atoms with Crippen molar-refractivity contribution in [3.8, 4) is 0 Å². The lowest BCUT2D eigenvalue weighted by Crippen LogP contribution is -2.46. The molecule has 6 heteroatoms. The Morgan fingerprint density at radius 2 is 2.17 bits per heavy atom. The maximum absolute atomic E-state index is 13.8. The predicted molar refractivity (Wildman–Crippen MR) is 84.5 cm³/mol. The minimum Gasteiger partial charge on any atom is -0.382 e. The summed E-state index contributed by atoms with van der Waals surface area (Å²) in [5.74, 6) is -1.24. The number of nitrogens with one attached hydrogen (secondary N) is 1. The first-order valence-electron chi connectivity index (χ1n) is 8.04. The summed E-state index contributed by atoms with van der Waals surface area (Å²) in [6, 6.07) is 4.64. The molecule has 1 N–H and O–H groups in total. The molecule has 1 saturated carbocycles. The largest absolute Gasteiger partial charge is 0.382 e. The average Bonchev–Trinajstić information content (AvgIpc) is 3.38. The van der Waals surface area contributed by atoms with Crippen molar-refractivity contribution in [2.75, 3.05) is 31.6 Å². The summed E-state index contributed by atoms with van der Waals surface area (Å²) in [6.07, 6.45) is 4.19. The highest BCUT2D eigenvalue weighted by atomic mass is 19.1. The molecule has 2 heterocycles. The van der Waals surface area contributed by atoms with Crippen LogP contribution in [0.5, 0.6) is 0 Å². The van der Waals surface area contributed by atoms with Crippen LogP contribution in [0, 0.1) is 11.6 Å². The van der Waals surface area contributed by atoms with Gasteiger partial charge in [0.05, 0.1) is 12.7 Å². The molecule has 1 aromatic heterocycles. The van der Waals surface area contributed by atoms with Crippen molar-refractivity contribution in [3.63, 3.8) is 0 Å². The fourth-order valence-electron chi connectivity index (χ4n) is 3.19. The molecule has 1 saturated heterocycles. The first-order valence-corrected chi connectivity index (χ1v) is 8.04. The van der Waals surface area contributed by atoms with Crippen LogP contribution in [0.25, 0.3) is 10.9 Å². The SMILES string of the molecule is Fc1cc(F)c2nccc(NCC3CN(C4CC4)CCO3)c2c1. The molecule has 1 aliphatic carbocycles. The average molecular weight is 319 g/mol. The van der Waals surface area contributed by atoms with Gasteiger partial charge in [0.1, 0.15) is 11.3 Å².